The highest BCUT2D eigenvalue weighted by Crippen LogP contribution is 2.41. The molecule has 5 rings (SSSR count). The first-order valence-electron chi connectivity index (χ1n) is 19.9. The van der Waals surface area contributed by atoms with E-state index in [0.717, 1.165) is 67.1 Å². The van der Waals surface area contributed by atoms with Crippen molar-refractivity contribution in [2.24, 2.45) is 0 Å². The minimum absolute atomic E-state index is 0.677. The van der Waals surface area contributed by atoms with Gasteiger partial charge in [0.05, 0.1) is 113 Å². The fourth-order valence-corrected chi connectivity index (χ4v) is 8.78. The third-order valence-corrected chi connectivity index (χ3v) is 10.2. The summed E-state index contributed by atoms with van der Waals surface area (Å²) >= 11 is 0. The Morgan fingerprint density at radius 2 is 0.446 bits per heavy atom. The molecular formula is C48H72N4O4+4. The SMILES string of the molecule is COc1c2cc(C[N+](C)(C)C)cc1Cc1cc(C[N+](C)(C)C)cc(c1OC)Cc1cc(C[N+](C)(C)C)cc(c1OC)Cc1cc(C[N+](C)(C)C)cc(c1OC)C2. The first-order valence-corrected chi connectivity index (χ1v) is 19.9. The summed E-state index contributed by atoms with van der Waals surface area (Å²) in [4.78, 5) is 0. The van der Waals surface area contributed by atoms with E-state index in [4.69, 9.17) is 18.9 Å². The lowest BCUT2D eigenvalue weighted by Crippen LogP contribution is -2.33. The van der Waals surface area contributed by atoms with Gasteiger partial charge in [-0.3, -0.25) is 0 Å². The molecule has 56 heavy (non-hydrogen) atoms. The summed E-state index contributed by atoms with van der Waals surface area (Å²) < 4.78 is 29.0. The lowest BCUT2D eigenvalue weighted by molar-refractivity contribution is -0.884. The monoisotopic (exact) mass is 769 g/mol. The zero-order valence-corrected chi connectivity index (χ0v) is 37.7. The molecule has 8 bridgehead atoms. The lowest BCUT2D eigenvalue weighted by atomic mass is 9.88. The minimum atomic E-state index is 0.677. The summed E-state index contributed by atoms with van der Waals surface area (Å²) in [6.07, 6.45) is 2.71. The van der Waals surface area contributed by atoms with Gasteiger partial charge in [-0.2, -0.15) is 0 Å². The summed E-state index contributed by atoms with van der Waals surface area (Å²) in [6.45, 7) is 3.56. The molecule has 4 aromatic rings. The van der Waals surface area contributed by atoms with Gasteiger partial charge in [-0.1, -0.05) is 0 Å². The van der Waals surface area contributed by atoms with Gasteiger partial charge >= 0.3 is 0 Å². The van der Waals surface area contributed by atoms with Crippen LogP contribution in [0, 0.1) is 0 Å². The molecule has 0 N–H and O–H groups in total. The number of hydrogen-bond acceptors (Lipinski definition) is 4. The molecule has 4 aromatic carbocycles. The second-order valence-corrected chi connectivity index (χ2v) is 20.3. The minimum Gasteiger partial charge on any atom is -0.496 e. The Labute approximate surface area is 339 Å². The van der Waals surface area contributed by atoms with Gasteiger partial charge < -0.3 is 36.9 Å². The van der Waals surface area contributed by atoms with E-state index in [-0.39, 0.29) is 0 Å². The molecule has 0 aliphatic heterocycles. The number of hydrogen-bond donors (Lipinski definition) is 0. The molecule has 304 valence electrons. The normalized spacial score (nSPS) is 13.7. The van der Waals surface area contributed by atoms with Crippen LogP contribution in [0.5, 0.6) is 23.0 Å². The number of methoxy groups -OCH3 is 4. The van der Waals surface area contributed by atoms with Gasteiger partial charge in [0.25, 0.3) is 0 Å². The van der Waals surface area contributed by atoms with Crippen molar-refractivity contribution in [3.8, 4) is 23.0 Å². The van der Waals surface area contributed by atoms with E-state index in [2.05, 4.69) is 133 Å². The van der Waals surface area contributed by atoms with Gasteiger partial charge in [-0.05, 0) is 93.0 Å². The van der Waals surface area contributed by atoms with Gasteiger partial charge in [-0.15, -0.1) is 0 Å². The van der Waals surface area contributed by atoms with Crippen LogP contribution < -0.4 is 18.9 Å². The molecular weight excluding hydrogens is 697 g/mol. The molecule has 0 spiro atoms. The standard InChI is InChI=1S/C48H72N4O4/c1-49(2,3)29-33-17-37-25-39-19-34(30-50(4,5)6)21-41(46(39)54-14)27-43-23-36(32-52(10,11)12)24-44(48(43)56-16)28-42-22-35(31-51(7,8)9)20-40(47(42)55-15)26-38(18-33)45(37)53-13/h17-24H,25-32H2,1-16H3/q+4. The number of fused-ring (bicyclic) bond motifs is 8. The van der Waals surface area contributed by atoms with Gasteiger partial charge in [0.2, 0.25) is 0 Å². The van der Waals surface area contributed by atoms with Crippen LogP contribution in [0.25, 0.3) is 0 Å². The number of rotatable bonds is 12. The van der Waals surface area contributed by atoms with Crippen LogP contribution in [-0.2, 0) is 51.9 Å². The highest BCUT2D eigenvalue weighted by atomic mass is 16.5. The van der Waals surface area contributed by atoms with Crippen molar-refractivity contribution in [3.05, 3.63) is 115 Å². The van der Waals surface area contributed by atoms with Crippen molar-refractivity contribution in [2.75, 3.05) is 113 Å². The Hall–Kier alpha value is -4.08. The Balaban J connectivity index is 1.91. The van der Waals surface area contributed by atoms with Crippen LogP contribution in [0.4, 0.5) is 0 Å². The van der Waals surface area contributed by atoms with Gasteiger partial charge in [0.15, 0.2) is 0 Å². The Kier molecular flexibility index (Phi) is 12.6. The van der Waals surface area contributed by atoms with E-state index in [1.54, 1.807) is 0 Å². The zero-order valence-electron chi connectivity index (χ0n) is 37.7. The molecule has 0 amide bonds. The number of benzene rings is 4. The maximum Gasteiger partial charge on any atom is 0.125 e. The Morgan fingerprint density at radius 1 is 0.304 bits per heavy atom. The van der Waals surface area contributed by atoms with Crippen molar-refractivity contribution in [3.63, 3.8) is 0 Å². The highest BCUT2D eigenvalue weighted by Gasteiger charge is 2.26. The summed E-state index contributed by atoms with van der Waals surface area (Å²) in [7, 11) is 34.3. The Morgan fingerprint density at radius 3 is 0.554 bits per heavy atom. The quantitative estimate of drug-likeness (QED) is 0.126. The number of quaternary nitrogens is 4. The molecule has 0 saturated heterocycles. The molecule has 0 atom stereocenters. The smallest absolute Gasteiger partial charge is 0.125 e. The van der Waals surface area contributed by atoms with Crippen molar-refractivity contribution < 1.29 is 36.9 Å². The second kappa shape index (κ2) is 16.4. The summed E-state index contributed by atoms with van der Waals surface area (Å²) in [5.41, 5.74) is 14.5. The topological polar surface area (TPSA) is 36.9 Å². The first-order chi connectivity index (χ1) is 26.0. The third kappa shape index (κ3) is 11.1. The molecule has 8 nitrogen and oxygen atoms in total. The average molecular weight is 769 g/mol. The van der Waals surface area contributed by atoms with E-state index < -0.39 is 0 Å². The van der Waals surface area contributed by atoms with Crippen LogP contribution in [0.15, 0.2) is 48.5 Å². The first kappa shape index (κ1) is 43.1. The van der Waals surface area contributed by atoms with Crippen molar-refractivity contribution >= 4 is 0 Å². The predicted molar refractivity (Wildman–Crippen MR) is 230 cm³/mol. The molecule has 0 saturated carbocycles. The van der Waals surface area contributed by atoms with Crippen molar-refractivity contribution in [1.82, 2.24) is 0 Å². The molecule has 0 fully saturated rings. The molecule has 1 aliphatic rings. The lowest BCUT2D eigenvalue weighted by Gasteiger charge is -2.28. The van der Waals surface area contributed by atoms with Crippen LogP contribution in [-0.4, -0.2) is 131 Å². The predicted octanol–water partition coefficient (Wildman–Crippen LogP) is 7.22. The van der Waals surface area contributed by atoms with E-state index in [9.17, 15) is 0 Å². The van der Waals surface area contributed by atoms with E-state index in [0.29, 0.717) is 25.7 Å². The van der Waals surface area contributed by atoms with Crippen LogP contribution in [0.1, 0.15) is 66.8 Å². The maximum atomic E-state index is 6.43. The zero-order chi connectivity index (χ0) is 41.4. The number of ether oxygens (including phenoxy) is 4. The summed E-state index contributed by atoms with van der Waals surface area (Å²) in [5, 5.41) is 0. The fourth-order valence-electron chi connectivity index (χ4n) is 8.78. The molecule has 0 aromatic heterocycles. The van der Waals surface area contributed by atoms with Gasteiger partial charge in [0.1, 0.15) is 49.2 Å². The second-order valence-electron chi connectivity index (χ2n) is 20.3. The third-order valence-electron chi connectivity index (χ3n) is 10.2. The molecule has 1 aliphatic carbocycles. The van der Waals surface area contributed by atoms with E-state index >= 15 is 0 Å². The van der Waals surface area contributed by atoms with Crippen LogP contribution in [0.3, 0.4) is 0 Å². The highest BCUT2D eigenvalue weighted by molar-refractivity contribution is 5.58. The number of nitrogens with zero attached hydrogens (tertiary/aromatic N) is 4. The molecule has 0 heterocycles. The van der Waals surface area contributed by atoms with E-state index in [1.807, 2.05) is 28.4 Å². The van der Waals surface area contributed by atoms with Gasteiger partial charge in [-0.25, -0.2) is 0 Å². The average Bonchev–Trinajstić information content (AvgIpc) is 3.01. The van der Waals surface area contributed by atoms with Gasteiger partial charge in [0, 0.05) is 47.9 Å². The molecule has 8 heteroatoms. The largest absolute Gasteiger partial charge is 0.496 e. The van der Waals surface area contributed by atoms with E-state index in [1.165, 1.54) is 66.8 Å². The van der Waals surface area contributed by atoms with Crippen molar-refractivity contribution in [1.29, 1.82) is 0 Å². The fraction of sp³-hybridized carbons (Fsp3) is 0.500. The van der Waals surface area contributed by atoms with Crippen molar-refractivity contribution in [2.45, 2.75) is 51.9 Å². The summed E-state index contributed by atoms with van der Waals surface area (Å²) in [5.74, 6) is 3.72. The molecule has 0 radical (unpaired) electrons. The Bertz CT molecular complexity index is 1650. The molecule has 0 unspecified atom stereocenters. The van der Waals surface area contributed by atoms with Crippen LogP contribution >= 0.6 is 0 Å². The maximum absolute atomic E-state index is 6.43. The summed E-state index contributed by atoms with van der Waals surface area (Å²) in [6, 6.07) is 18.9. The van der Waals surface area contributed by atoms with Crippen LogP contribution in [0.2, 0.25) is 0 Å².